The number of rotatable bonds is 0. The minimum atomic E-state index is -2.91. The Morgan fingerprint density at radius 1 is 0.556 bits per heavy atom. The van der Waals surface area contributed by atoms with Crippen molar-refractivity contribution in [2.45, 2.75) is 0 Å². The number of hydrogen-bond donors (Lipinski definition) is 0. The van der Waals surface area contributed by atoms with Crippen molar-refractivity contribution < 1.29 is 37.0 Å². The van der Waals surface area contributed by atoms with Gasteiger partial charge in [-0.25, -0.2) is 0 Å². The maximum Gasteiger partial charge on any atom is 2.00 e. The average molecular weight is 447 g/mol. The van der Waals surface area contributed by atoms with Crippen LogP contribution in [-0.2, 0) is 17.8 Å². The third kappa shape index (κ3) is 934. The average Bonchev–Trinajstić information content (AvgIpc) is 1.76. The molecule has 18 heteroatoms. The van der Waals surface area contributed by atoms with E-state index in [4.69, 9.17) is 37.0 Å². The van der Waals surface area contributed by atoms with Gasteiger partial charge in [0.2, 0.25) is 0 Å². The predicted molar refractivity (Wildman–Crippen MR) is 60.7 cm³/mol. The fraction of sp³-hybridized carbons (Fsp3) is 0. The van der Waals surface area contributed by atoms with Crippen molar-refractivity contribution in [2.75, 3.05) is 0 Å². The van der Waals surface area contributed by atoms with Gasteiger partial charge in [-0.2, -0.15) is 0 Å². The molecule has 0 aromatic heterocycles. The van der Waals surface area contributed by atoms with Crippen LogP contribution < -0.4 is 19.2 Å². The van der Waals surface area contributed by atoms with E-state index in [0.29, 0.717) is 0 Å². The third-order valence-corrected chi connectivity index (χ3v) is 0. The summed E-state index contributed by atoms with van der Waals surface area (Å²) in [5, 5.41) is 0. The van der Waals surface area contributed by atoms with Crippen LogP contribution in [0.1, 0.15) is 0 Å². The third-order valence-electron chi connectivity index (χ3n) is 0. The maximum atomic E-state index is 8.84. The molecule has 0 unspecified atom stereocenters. The molecular formula is CaCl4MgO8Si4. The van der Waals surface area contributed by atoms with Crippen molar-refractivity contribution in [3.8, 4) is 0 Å². The van der Waals surface area contributed by atoms with Gasteiger partial charge in [0.15, 0.2) is 0 Å². The fourth-order valence-corrected chi connectivity index (χ4v) is 0. The maximum absolute atomic E-state index is 8.84. The Kier molecular flexibility index (Phi) is 65.3. The van der Waals surface area contributed by atoms with Gasteiger partial charge in [0.05, 0.1) is 0 Å². The van der Waals surface area contributed by atoms with E-state index in [9.17, 15) is 0 Å². The van der Waals surface area contributed by atoms with Gasteiger partial charge < -0.3 is 37.0 Å². The molecular weight excluding hydrogens is 447 g/mol. The van der Waals surface area contributed by atoms with Crippen molar-refractivity contribution in [1.82, 2.24) is 0 Å². The van der Waals surface area contributed by atoms with Crippen LogP contribution in [0.25, 0.3) is 0 Å². The van der Waals surface area contributed by atoms with Crippen LogP contribution in [0.2, 0.25) is 0 Å². The smallest absolute Gasteiger partial charge is 0.572 e. The van der Waals surface area contributed by atoms with Crippen LogP contribution in [0.5, 0.6) is 0 Å². The molecule has 0 aromatic carbocycles. The Morgan fingerprint density at radius 3 is 0.556 bits per heavy atom. The summed E-state index contributed by atoms with van der Waals surface area (Å²) in [5.74, 6) is 0. The van der Waals surface area contributed by atoms with Crippen LogP contribution in [0.3, 0.4) is 0 Å². The summed E-state index contributed by atoms with van der Waals surface area (Å²) in [4.78, 5) is 35.4. The van der Waals surface area contributed by atoms with Gasteiger partial charge in [0, 0.05) is 0 Å². The van der Waals surface area contributed by atoms with Crippen LogP contribution in [0.4, 0.5) is 0 Å². The van der Waals surface area contributed by atoms with Gasteiger partial charge >= 0.3 is 60.8 Å². The van der Waals surface area contributed by atoms with Crippen molar-refractivity contribution in [3.63, 3.8) is 0 Å². The fourth-order valence-electron chi connectivity index (χ4n) is 0. The molecule has 0 aliphatic carbocycles. The van der Waals surface area contributed by atoms with Gasteiger partial charge in [0.1, 0.15) is 0 Å². The summed E-state index contributed by atoms with van der Waals surface area (Å²) in [7, 11) is -11.6. The second-order valence-corrected chi connectivity index (χ2v) is 6.55. The first kappa shape index (κ1) is 37.1. The van der Waals surface area contributed by atoms with Crippen molar-refractivity contribution in [2.24, 2.45) is 0 Å². The van der Waals surface area contributed by atoms with Crippen molar-refractivity contribution in [1.29, 1.82) is 0 Å². The molecule has 0 aromatic rings. The van der Waals surface area contributed by atoms with Crippen LogP contribution in [-0.4, -0.2) is 93.7 Å². The molecule has 0 amide bonds. The van der Waals surface area contributed by atoms with E-state index in [2.05, 4.69) is 44.3 Å². The number of halogens is 4. The Morgan fingerprint density at radius 2 is 0.556 bits per heavy atom. The SMILES string of the molecule is O=[Si]([O-])Cl.O=[Si]([O-])Cl.O=[Si]([O-])Cl.O=[Si]([O-])Cl.[Ca+2].[Mg+2]. The molecule has 0 N–H and O–H groups in total. The zero-order chi connectivity index (χ0) is 14.3. The van der Waals surface area contributed by atoms with Crippen molar-refractivity contribution in [3.05, 3.63) is 0 Å². The summed E-state index contributed by atoms with van der Waals surface area (Å²) < 4.78 is 35.4. The normalized spacial score (nSPS) is 5.56. The topological polar surface area (TPSA) is 161 Å². The molecule has 0 rings (SSSR count). The minimum Gasteiger partial charge on any atom is -0.572 e. The van der Waals surface area contributed by atoms with E-state index in [1.807, 2.05) is 0 Å². The molecule has 96 valence electrons. The Bertz CT molecular complexity index is 175. The largest absolute Gasteiger partial charge is 2.00 e. The first-order valence-electron chi connectivity index (χ1n) is 2.39. The van der Waals surface area contributed by atoms with Crippen LogP contribution in [0, 0.1) is 0 Å². The van der Waals surface area contributed by atoms with Gasteiger partial charge in [-0.05, 0) is 0 Å². The Hall–Kier alpha value is 2.45. The predicted octanol–water partition coefficient (Wildman–Crippen LogP) is -4.76. The summed E-state index contributed by atoms with van der Waals surface area (Å²) >= 11 is 17.1. The van der Waals surface area contributed by atoms with E-state index in [0.717, 1.165) is 0 Å². The molecule has 0 saturated carbocycles. The van der Waals surface area contributed by atoms with Gasteiger partial charge in [0.25, 0.3) is 32.9 Å². The zero-order valence-electron chi connectivity index (χ0n) is 8.19. The summed E-state index contributed by atoms with van der Waals surface area (Å²) in [6, 6.07) is 0. The Balaban J connectivity index is -0.0000000257. The van der Waals surface area contributed by atoms with Gasteiger partial charge in [-0.1, -0.05) is 0 Å². The zero-order valence-corrected chi connectivity index (χ0v) is 18.8. The van der Waals surface area contributed by atoms with E-state index >= 15 is 0 Å². The second kappa shape index (κ2) is 31.7. The molecule has 0 fully saturated rings. The minimum absolute atomic E-state index is 0. The molecule has 0 aliphatic rings. The number of hydrogen-bond acceptors (Lipinski definition) is 8. The first-order valence-corrected chi connectivity index (χ1v) is 11.7. The summed E-state index contributed by atoms with van der Waals surface area (Å²) in [5.41, 5.74) is 0. The summed E-state index contributed by atoms with van der Waals surface area (Å²) in [6.45, 7) is 0. The van der Waals surface area contributed by atoms with Crippen LogP contribution >= 0.6 is 44.3 Å². The Labute approximate surface area is 172 Å². The quantitative estimate of drug-likeness (QED) is 0.265. The van der Waals surface area contributed by atoms with E-state index in [1.165, 1.54) is 0 Å². The van der Waals surface area contributed by atoms with Gasteiger partial charge in [-0.3, -0.25) is 0 Å². The molecule has 0 bridgehead atoms. The molecule has 0 heterocycles. The first-order chi connectivity index (χ1) is 6.93. The molecule has 0 aliphatic heterocycles. The molecule has 0 spiro atoms. The van der Waals surface area contributed by atoms with Crippen molar-refractivity contribution >= 4 is 138 Å². The molecule has 0 atom stereocenters. The molecule has 0 saturated heterocycles. The standard InChI is InChI=1S/Ca.4ClO2Si.Mg/c;4*1-4(2)3;/q+2;4*-1;+2. The van der Waals surface area contributed by atoms with E-state index in [1.54, 1.807) is 0 Å². The van der Waals surface area contributed by atoms with E-state index < -0.39 is 32.9 Å². The molecule has 8 nitrogen and oxygen atoms in total. The second-order valence-electron chi connectivity index (χ2n) is 0.951. The molecule has 0 radical (unpaired) electrons. The summed E-state index contributed by atoms with van der Waals surface area (Å²) in [6.07, 6.45) is 0. The monoisotopic (exact) mass is 444 g/mol. The van der Waals surface area contributed by atoms with E-state index in [-0.39, 0.29) is 60.8 Å². The van der Waals surface area contributed by atoms with Gasteiger partial charge in [-0.15, -0.1) is 44.3 Å². The molecule has 18 heavy (non-hydrogen) atoms. The van der Waals surface area contributed by atoms with Crippen LogP contribution in [0.15, 0.2) is 0 Å².